The van der Waals surface area contributed by atoms with Crippen molar-refractivity contribution in [1.82, 2.24) is 9.97 Å². The molecule has 1 heterocycles. The maximum atomic E-state index is 4.34. The number of nitrogens with zero attached hydrogens (tertiary/aromatic N) is 2. The van der Waals surface area contributed by atoms with Crippen LogP contribution in [0.2, 0.25) is 0 Å². The Hall–Kier alpha value is -1.48. The van der Waals surface area contributed by atoms with Crippen LogP contribution in [-0.2, 0) is 0 Å². The van der Waals surface area contributed by atoms with Gasteiger partial charge in [0.05, 0.1) is 4.48 Å². The minimum Gasteiger partial charge on any atom is -0.236 e. The average molecular weight is 275 g/mol. The summed E-state index contributed by atoms with van der Waals surface area (Å²) in [4.78, 5) is 8.55. The lowest BCUT2D eigenvalue weighted by Crippen LogP contribution is -1.91. The molecule has 0 unspecified atom stereocenters. The van der Waals surface area contributed by atoms with E-state index >= 15 is 0 Å². The molecular weight excluding hydrogens is 264 g/mol. The number of aryl methyl sites for hydroxylation is 1. The molecule has 0 aliphatic heterocycles. The summed E-state index contributed by atoms with van der Waals surface area (Å²) in [5, 5.41) is 0. The third kappa shape index (κ3) is 2.76. The Labute approximate surface area is 103 Å². The van der Waals surface area contributed by atoms with Crippen LogP contribution in [-0.4, -0.2) is 9.97 Å². The van der Waals surface area contributed by atoms with Crippen molar-refractivity contribution in [2.45, 2.75) is 6.92 Å². The van der Waals surface area contributed by atoms with Crippen molar-refractivity contribution in [3.05, 3.63) is 59.7 Å². The molecule has 0 amide bonds. The molecule has 80 valence electrons. The average Bonchev–Trinajstić information content (AvgIpc) is 2.30. The lowest BCUT2D eigenvalue weighted by atomic mass is 10.2. The predicted octanol–water partition coefficient (Wildman–Crippen LogP) is 3.68. The van der Waals surface area contributed by atoms with Crippen LogP contribution in [0, 0.1) is 6.92 Å². The van der Waals surface area contributed by atoms with Crippen molar-refractivity contribution in [3.63, 3.8) is 0 Å². The zero-order chi connectivity index (χ0) is 11.4. The van der Waals surface area contributed by atoms with Crippen LogP contribution in [0.4, 0.5) is 0 Å². The monoisotopic (exact) mass is 274 g/mol. The van der Waals surface area contributed by atoms with Crippen LogP contribution in [0.15, 0.2) is 42.6 Å². The van der Waals surface area contributed by atoms with E-state index < -0.39 is 0 Å². The van der Waals surface area contributed by atoms with E-state index in [0.29, 0.717) is 5.82 Å². The second-order valence-electron chi connectivity index (χ2n) is 3.42. The summed E-state index contributed by atoms with van der Waals surface area (Å²) in [5.74, 6) is 0.712. The fourth-order valence-corrected chi connectivity index (χ4v) is 1.78. The number of rotatable bonds is 2. The second kappa shape index (κ2) is 5.03. The molecule has 0 fully saturated rings. The van der Waals surface area contributed by atoms with Gasteiger partial charge in [-0.05, 0) is 40.6 Å². The number of aromatic nitrogens is 2. The highest BCUT2D eigenvalue weighted by molar-refractivity contribution is 9.15. The lowest BCUT2D eigenvalue weighted by molar-refractivity contribution is 1.07. The molecule has 16 heavy (non-hydrogen) atoms. The SMILES string of the molecule is Cc1ccnc(C(Br)=Cc2ccccc2)n1. The van der Waals surface area contributed by atoms with E-state index in [2.05, 4.69) is 25.9 Å². The molecule has 0 radical (unpaired) electrons. The summed E-state index contributed by atoms with van der Waals surface area (Å²) in [6, 6.07) is 12.0. The number of hydrogen-bond donors (Lipinski definition) is 0. The molecule has 0 atom stereocenters. The molecule has 1 aromatic carbocycles. The van der Waals surface area contributed by atoms with Gasteiger partial charge in [-0.3, -0.25) is 0 Å². The summed E-state index contributed by atoms with van der Waals surface area (Å²) < 4.78 is 0.891. The van der Waals surface area contributed by atoms with Crippen LogP contribution in [0.25, 0.3) is 10.6 Å². The Balaban J connectivity index is 2.32. The summed E-state index contributed by atoms with van der Waals surface area (Å²) in [5.41, 5.74) is 2.09. The second-order valence-corrected chi connectivity index (χ2v) is 4.28. The van der Waals surface area contributed by atoms with Crippen molar-refractivity contribution in [2.75, 3.05) is 0 Å². The standard InChI is InChI=1S/C13H11BrN2/c1-10-7-8-15-13(16-10)12(14)9-11-5-3-2-4-6-11/h2-9H,1H3. The van der Waals surface area contributed by atoms with E-state index in [9.17, 15) is 0 Å². The molecule has 2 aromatic rings. The highest BCUT2D eigenvalue weighted by atomic mass is 79.9. The van der Waals surface area contributed by atoms with E-state index in [1.807, 2.05) is 49.4 Å². The number of halogens is 1. The van der Waals surface area contributed by atoms with Gasteiger partial charge < -0.3 is 0 Å². The third-order valence-corrected chi connectivity index (χ3v) is 2.68. The topological polar surface area (TPSA) is 25.8 Å². The Morgan fingerprint density at radius 2 is 1.94 bits per heavy atom. The van der Waals surface area contributed by atoms with Crippen molar-refractivity contribution < 1.29 is 0 Å². The van der Waals surface area contributed by atoms with Crippen molar-refractivity contribution in [2.24, 2.45) is 0 Å². The molecule has 0 N–H and O–H groups in total. The fraction of sp³-hybridized carbons (Fsp3) is 0.0769. The number of hydrogen-bond acceptors (Lipinski definition) is 2. The Kier molecular flexibility index (Phi) is 3.47. The molecule has 2 nitrogen and oxygen atoms in total. The largest absolute Gasteiger partial charge is 0.236 e. The lowest BCUT2D eigenvalue weighted by Gasteiger charge is -1.99. The van der Waals surface area contributed by atoms with Gasteiger partial charge in [0.25, 0.3) is 0 Å². The fourth-order valence-electron chi connectivity index (χ4n) is 1.32. The minimum atomic E-state index is 0.712. The van der Waals surface area contributed by atoms with Crippen LogP contribution in [0.3, 0.4) is 0 Å². The van der Waals surface area contributed by atoms with Crippen molar-refractivity contribution >= 4 is 26.5 Å². The summed E-state index contributed by atoms with van der Waals surface area (Å²) in [6.07, 6.45) is 3.77. The van der Waals surface area contributed by atoms with E-state index in [4.69, 9.17) is 0 Å². The van der Waals surface area contributed by atoms with E-state index in [1.54, 1.807) is 6.20 Å². The highest BCUT2D eigenvalue weighted by Crippen LogP contribution is 2.20. The molecule has 0 aliphatic rings. The minimum absolute atomic E-state index is 0.712. The molecule has 0 aliphatic carbocycles. The first kappa shape index (κ1) is 11.0. The molecule has 2 rings (SSSR count). The normalized spacial score (nSPS) is 11.5. The predicted molar refractivity (Wildman–Crippen MR) is 70.0 cm³/mol. The van der Waals surface area contributed by atoms with Gasteiger partial charge in [-0.2, -0.15) is 0 Å². The first-order valence-corrected chi connectivity index (χ1v) is 5.77. The Morgan fingerprint density at radius 1 is 1.19 bits per heavy atom. The maximum absolute atomic E-state index is 4.34. The van der Waals surface area contributed by atoms with Crippen LogP contribution < -0.4 is 0 Å². The Bertz CT molecular complexity index is 506. The summed E-state index contributed by atoms with van der Waals surface area (Å²) in [6.45, 7) is 1.95. The molecule has 0 saturated heterocycles. The Morgan fingerprint density at radius 3 is 2.62 bits per heavy atom. The van der Waals surface area contributed by atoms with Crippen molar-refractivity contribution in [1.29, 1.82) is 0 Å². The van der Waals surface area contributed by atoms with Crippen LogP contribution >= 0.6 is 15.9 Å². The van der Waals surface area contributed by atoms with Gasteiger partial charge in [0.2, 0.25) is 0 Å². The summed E-state index contributed by atoms with van der Waals surface area (Å²) in [7, 11) is 0. The van der Waals surface area contributed by atoms with E-state index in [0.717, 1.165) is 15.7 Å². The van der Waals surface area contributed by atoms with Gasteiger partial charge in [0, 0.05) is 11.9 Å². The quantitative estimate of drug-likeness (QED) is 0.835. The zero-order valence-electron chi connectivity index (χ0n) is 8.89. The van der Waals surface area contributed by atoms with Crippen molar-refractivity contribution in [3.8, 4) is 0 Å². The molecule has 3 heteroatoms. The number of benzene rings is 1. The molecule has 1 aromatic heterocycles. The van der Waals surface area contributed by atoms with Gasteiger partial charge in [-0.1, -0.05) is 30.3 Å². The third-order valence-electron chi connectivity index (χ3n) is 2.10. The smallest absolute Gasteiger partial charge is 0.166 e. The van der Waals surface area contributed by atoms with Gasteiger partial charge in [0.1, 0.15) is 0 Å². The van der Waals surface area contributed by atoms with Gasteiger partial charge >= 0.3 is 0 Å². The van der Waals surface area contributed by atoms with Gasteiger partial charge in [-0.15, -0.1) is 0 Å². The first-order chi connectivity index (χ1) is 7.75. The summed E-state index contributed by atoms with van der Waals surface area (Å²) >= 11 is 3.49. The van der Waals surface area contributed by atoms with Gasteiger partial charge in [-0.25, -0.2) is 9.97 Å². The van der Waals surface area contributed by atoms with E-state index in [1.165, 1.54) is 0 Å². The zero-order valence-corrected chi connectivity index (χ0v) is 10.5. The molecule has 0 spiro atoms. The maximum Gasteiger partial charge on any atom is 0.166 e. The van der Waals surface area contributed by atoms with E-state index in [-0.39, 0.29) is 0 Å². The van der Waals surface area contributed by atoms with Crippen LogP contribution in [0.5, 0.6) is 0 Å². The molecule has 0 saturated carbocycles. The van der Waals surface area contributed by atoms with Gasteiger partial charge in [0.15, 0.2) is 5.82 Å². The van der Waals surface area contributed by atoms with Crippen LogP contribution in [0.1, 0.15) is 17.1 Å². The first-order valence-electron chi connectivity index (χ1n) is 4.98. The molecular formula is C13H11BrN2. The highest BCUT2D eigenvalue weighted by Gasteiger charge is 2.00. The molecule has 0 bridgehead atoms.